The molecule has 2 fully saturated rings. The van der Waals surface area contributed by atoms with Crippen molar-refractivity contribution >= 4 is 11.8 Å². The highest BCUT2D eigenvalue weighted by atomic mass is 16.3. The molecule has 2 aliphatic carbocycles. The lowest BCUT2D eigenvalue weighted by molar-refractivity contribution is 0.199. The standard InChI is InChI=1S/C21H26N4O/c1-13(26)15-4-5-17-12-25(9-8-16(17)10-15)20-11-19(14-2-3-14)23-21(24-20)22-18-6-7-18/h4-5,10-11,13-14,18,26H,2-3,6-9,12H2,1H3,(H,22,23,24)/t13-/m1/s1. The topological polar surface area (TPSA) is 61.3 Å². The van der Waals surface area contributed by atoms with Crippen LogP contribution in [0.25, 0.3) is 0 Å². The molecule has 1 aromatic heterocycles. The van der Waals surface area contributed by atoms with Crippen LogP contribution in [0.3, 0.4) is 0 Å². The predicted octanol–water partition coefficient (Wildman–Crippen LogP) is 3.54. The molecule has 1 atom stereocenters. The fraction of sp³-hybridized carbons (Fsp3) is 0.524. The number of hydrogen-bond acceptors (Lipinski definition) is 5. The van der Waals surface area contributed by atoms with E-state index in [4.69, 9.17) is 9.97 Å². The maximum atomic E-state index is 9.82. The summed E-state index contributed by atoms with van der Waals surface area (Å²) in [4.78, 5) is 12.0. The molecule has 2 heterocycles. The minimum absolute atomic E-state index is 0.405. The summed E-state index contributed by atoms with van der Waals surface area (Å²) in [5, 5.41) is 13.3. The molecule has 0 unspecified atom stereocenters. The molecule has 26 heavy (non-hydrogen) atoms. The van der Waals surface area contributed by atoms with Crippen molar-refractivity contribution in [1.29, 1.82) is 0 Å². The van der Waals surface area contributed by atoms with Crippen LogP contribution in [0.4, 0.5) is 11.8 Å². The van der Waals surface area contributed by atoms with E-state index in [1.165, 1.54) is 42.5 Å². The number of nitrogens with one attached hydrogen (secondary N) is 1. The number of hydrogen-bond donors (Lipinski definition) is 2. The molecule has 0 saturated heterocycles. The van der Waals surface area contributed by atoms with Crippen molar-refractivity contribution in [2.24, 2.45) is 0 Å². The zero-order valence-corrected chi connectivity index (χ0v) is 15.3. The minimum atomic E-state index is -0.405. The van der Waals surface area contributed by atoms with Gasteiger partial charge in [-0.15, -0.1) is 0 Å². The first-order chi connectivity index (χ1) is 12.7. The van der Waals surface area contributed by atoms with Crippen LogP contribution in [0.5, 0.6) is 0 Å². The first-order valence-electron chi connectivity index (χ1n) is 9.86. The van der Waals surface area contributed by atoms with Crippen LogP contribution >= 0.6 is 0 Å². The molecule has 1 aliphatic heterocycles. The summed E-state index contributed by atoms with van der Waals surface area (Å²) in [5.41, 5.74) is 4.90. The van der Waals surface area contributed by atoms with E-state index in [2.05, 4.69) is 28.4 Å². The Labute approximate surface area is 154 Å². The molecule has 2 aromatic rings. The molecule has 2 N–H and O–H groups in total. The van der Waals surface area contributed by atoms with Gasteiger partial charge in [-0.2, -0.15) is 4.98 Å². The Morgan fingerprint density at radius 2 is 1.96 bits per heavy atom. The Morgan fingerprint density at radius 1 is 1.12 bits per heavy atom. The highest BCUT2D eigenvalue weighted by molar-refractivity contribution is 5.50. The van der Waals surface area contributed by atoms with Crippen LogP contribution in [-0.4, -0.2) is 27.7 Å². The van der Waals surface area contributed by atoms with Gasteiger partial charge < -0.3 is 15.3 Å². The van der Waals surface area contributed by atoms with Gasteiger partial charge in [-0.3, -0.25) is 0 Å². The van der Waals surface area contributed by atoms with Crippen molar-refractivity contribution in [3.8, 4) is 0 Å². The van der Waals surface area contributed by atoms with Gasteiger partial charge in [-0.05, 0) is 55.7 Å². The van der Waals surface area contributed by atoms with Gasteiger partial charge in [-0.1, -0.05) is 18.2 Å². The van der Waals surface area contributed by atoms with Crippen LogP contribution < -0.4 is 10.2 Å². The third-order valence-electron chi connectivity index (χ3n) is 5.69. The number of benzene rings is 1. The number of aromatic nitrogens is 2. The third-order valence-corrected chi connectivity index (χ3v) is 5.69. The lowest BCUT2D eigenvalue weighted by Gasteiger charge is -2.30. The van der Waals surface area contributed by atoms with Gasteiger partial charge in [0, 0.05) is 31.1 Å². The first-order valence-corrected chi connectivity index (χ1v) is 9.86. The fourth-order valence-electron chi connectivity index (χ4n) is 3.71. The van der Waals surface area contributed by atoms with Crippen LogP contribution in [0.15, 0.2) is 24.3 Å². The van der Waals surface area contributed by atoms with Gasteiger partial charge in [-0.25, -0.2) is 4.98 Å². The zero-order valence-electron chi connectivity index (χ0n) is 15.3. The summed E-state index contributed by atoms with van der Waals surface area (Å²) in [6, 6.07) is 9.13. The number of anilines is 2. The van der Waals surface area contributed by atoms with E-state index in [1.54, 1.807) is 0 Å². The third kappa shape index (κ3) is 3.28. The normalized spacial score (nSPS) is 20.6. The second kappa shape index (κ2) is 6.23. The van der Waals surface area contributed by atoms with E-state index < -0.39 is 6.10 Å². The molecule has 2 saturated carbocycles. The molecular weight excluding hydrogens is 324 g/mol. The summed E-state index contributed by atoms with van der Waals surface area (Å²) in [5.74, 6) is 2.49. The monoisotopic (exact) mass is 350 g/mol. The average molecular weight is 350 g/mol. The Morgan fingerprint density at radius 3 is 2.69 bits per heavy atom. The van der Waals surface area contributed by atoms with Gasteiger partial charge in [0.05, 0.1) is 11.8 Å². The highest BCUT2D eigenvalue weighted by Gasteiger charge is 2.29. The van der Waals surface area contributed by atoms with Crippen molar-refractivity contribution in [3.63, 3.8) is 0 Å². The van der Waals surface area contributed by atoms with Crippen LogP contribution in [0.2, 0.25) is 0 Å². The Hall–Kier alpha value is -2.14. The van der Waals surface area contributed by atoms with Crippen LogP contribution in [0.1, 0.15) is 67.0 Å². The molecule has 0 bridgehead atoms. The minimum Gasteiger partial charge on any atom is -0.389 e. The second-order valence-corrected chi connectivity index (χ2v) is 8.04. The molecule has 0 radical (unpaired) electrons. The molecule has 5 heteroatoms. The first kappa shape index (κ1) is 16.1. The summed E-state index contributed by atoms with van der Waals surface area (Å²) in [7, 11) is 0. The van der Waals surface area contributed by atoms with Crippen molar-refractivity contribution in [1.82, 2.24) is 9.97 Å². The number of aliphatic hydroxyl groups is 1. The van der Waals surface area contributed by atoms with E-state index in [0.717, 1.165) is 36.8 Å². The van der Waals surface area contributed by atoms with E-state index in [-0.39, 0.29) is 0 Å². The zero-order chi connectivity index (χ0) is 17.7. The molecular formula is C21H26N4O. The lowest BCUT2D eigenvalue weighted by atomic mass is 9.96. The molecule has 0 spiro atoms. The SMILES string of the molecule is C[C@@H](O)c1ccc2c(c1)CCN(c1cc(C3CC3)nc(NC3CC3)n1)C2. The molecule has 3 aliphatic rings. The largest absolute Gasteiger partial charge is 0.389 e. The Balaban J connectivity index is 1.41. The van der Waals surface area contributed by atoms with Crippen molar-refractivity contribution in [2.45, 2.75) is 63.6 Å². The number of fused-ring (bicyclic) bond motifs is 1. The summed E-state index contributed by atoms with van der Waals surface area (Å²) in [6.45, 7) is 3.66. The molecule has 5 rings (SSSR count). The van der Waals surface area contributed by atoms with Crippen molar-refractivity contribution < 1.29 is 5.11 Å². The van der Waals surface area contributed by atoms with E-state index in [1.807, 2.05) is 13.0 Å². The van der Waals surface area contributed by atoms with Crippen molar-refractivity contribution in [2.75, 3.05) is 16.8 Å². The maximum Gasteiger partial charge on any atom is 0.225 e. The molecule has 0 amide bonds. The van der Waals surface area contributed by atoms with E-state index >= 15 is 0 Å². The molecule has 1 aromatic carbocycles. The van der Waals surface area contributed by atoms with E-state index in [9.17, 15) is 5.11 Å². The van der Waals surface area contributed by atoms with Gasteiger partial charge in [0.2, 0.25) is 5.95 Å². The average Bonchev–Trinajstić information content (AvgIpc) is 3.54. The Bertz CT molecular complexity index is 827. The quantitative estimate of drug-likeness (QED) is 0.864. The molecule has 5 nitrogen and oxygen atoms in total. The highest BCUT2D eigenvalue weighted by Crippen LogP contribution is 2.41. The number of aliphatic hydroxyl groups excluding tert-OH is 1. The summed E-state index contributed by atoms with van der Waals surface area (Å²) in [6.07, 6.45) is 5.56. The fourth-order valence-corrected chi connectivity index (χ4v) is 3.71. The summed E-state index contributed by atoms with van der Waals surface area (Å²) >= 11 is 0. The smallest absolute Gasteiger partial charge is 0.225 e. The van der Waals surface area contributed by atoms with Crippen LogP contribution in [0, 0.1) is 0 Å². The van der Waals surface area contributed by atoms with Crippen LogP contribution in [-0.2, 0) is 13.0 Å². The van der Waals surface area contributed by atoms with E-state index in [0.29, 0.717) is 12.0 Å². The van der Waals surface area contributed by atoms with Gasteiger partial charge in [0.25, 0.3) is 0 Å². The predicted molar refractivity (Wildman–Crippen MR) is 102 cm³/mol. The van der Waals surface area contributed by atoms with Crippen molar-refractivity contribution in [3.05, 3.63) is 46.6 Å². The number of nitrogens with zero attached hydrogens (tertiary/aromatic N) is 3. The number of rotatable bonds is 5. The lowest BCUT2D eigenvalue weighted by Crippen LogP contribution is -2.31. The summed E-state index contributed by atoms with van der Waals surface area (Å²) < 4.78 is 0. The van der Waals surface area contributed by atoms with Gasteiger partial charge in [0.1, 0.15) is 5.82 Å². The van der Waals surface area contributed by atoms with Gasteiger partial charge >= 0.3 is 0 Å². The molecule has 136 valence electrons. The second-order valence-electron chi connectivity index (χ2n) is 8.04. The maximum absolute atomic E-state index is 9.82. The Kier molecular flexibility index (Phi) is 3.85. The van der Waals surface area contributed by atoms with Gasteiger partial charge in [0.15, 0.2) is 0 Å².